The average molecular weight is 261 g/mol. The van der Waals surface area contributed by atoms with Crippen LogP contribution in [0.2, 0.25) is 5.02 Å². The molecule has 0 heterocycles. The van der Waals surface area contributed by atoms with Crippen molar-refractivity contribution in [2.75, 3.05) is 13.1 Å². The van der Waals surface area contributed by atoms with Crippen molar-refractivity contribution in [3.05, 3.63) is 34.6 Å². The fourth-order valence-corrected chi connectivity index (χ4v) is 1.81. The van der Waals surface area contributed by atoms with Crippen LogP contribution in [0.1, 0.15) is 12.5 Å². The van der Waals surface area contributed by atoms with Crippen molar-refractivity contribution < 1.29 is 4.39 Å². The van der Waals surface area contributed by atoms with Gasteiger partial charge < -0.3 is 5.73 Å². The van der Waals surface area contributed by atoms with E-state index in [0.29, 0.717) is 28.7 Å². The first-order valence-electron chi connectivity index (χ1n) is 4.98. The highest BCUT2D eigenvalue weighted by atomic mass is 35.5. The number of nitrogens with zero attached hydrogens (tertiary/aromatic N) is 1. The molecule has 2 N–H and O–H groups in total. The summed E-state index contributed by atoms with van der Waals surface area (Å²) in [6, 6.07) is 4.66. The molecule has 1 aromatic rings. The summed E-state index contributed by atoms with van der Waals surface area (Å²) in [5.41, 5.74) is 5.95. The monoisotopic (exact) mass is 260 g/mol. The molecule has 0 bridgehead atoms. The Labute approximate surface area is 105 Å². The lowest BCUT2D eigenvalue weighted by molar-refractivity contribution is 0.315. The highest BCUT2D eigenvalue weighted by molar-refractivity contribution is 7.80. The van der Waals surface area contributed by atoms with Gasteiger partial charge in [-0.25, -0.2) is 4.39 Å². The van der Waals surface area contributed by atoms with Crippen molar-refractivity contribution in [1.82, 2.24) is 4.90 Å². The van der Waals surface area contributed by atoms with Crippen LogP contribution in [0.3, 0.4) is 0 Å². The summed E-state index contributed by atoms with van der Waals surface area (Å²) in [5.74, 6) is -0.297. The summed E-state index contributed by atoms with van der Waals surface area (Å²) < 4.78 is 13.5. The van der Waals surface area contributed by atoms with Gasteiger partial charge >= 0.3 is 0 Å². The Balaban J connectivity index is 2.81. The zero-order valence-corrected chi connectivity index (χ0v) is 10.6. The zero-order valence-electron chi connectivity index (χ0n) is 9.04. The third-order valence-electron chi connectivity index (χ3n) is 2.27. The summed E-state index contributed by atoms with van der Waals surface area (Å²) in [6.07, 6.45) is 0. The van der Waals surface area contributed by atoms with E-state index in [2.05, 4.69) is 0 Å². The summed E-state index contributed by atoms with van der Waals surface area (Å²) in [4.78, 5) is 2.33. The van der Waals surface area contributed by atoms with Crippen LogP contribution in [-0.2, 0) is 6.54 Å². The second-order valence-corrected chi connectivity index (χ2v) is 4.40. The average Bonchev–Trinajstić information content (AvgIpc) is 2.21. The summed E-state index contributed by atoms with van der Waals surface area (Å²) in [5, 5.41) is 0.432. The fourth-order valence-electron chi connectivity index (χ4n) is 1.41. The van der Waals surface area contributed by atoms with Gasteiger partial charge in [0, 0.05) is 23.7 Å². The van der Waals surface area contributed by atoms with Crippen LogP contribution >= 0.6 is 23.8 Å². The molecule has 0 saturated heterocycles. The molecule has 0 aromatic heterocycles. The quantitative estimate of drug-likeness (QED) is 0.826. The molecular formula is C11H14ClFN2S. The van der Waals surface area contributed by atoms with Crippen LogP contribution in [0.25, 0.3) is 0 Å². The predicted molar refractivity (Wildman–Crippen MR) is 69.1 cm³/mol. The van der Waals surface area contributed by atoms with Crippen molar-refractivity contribution in [1.29, 1.82) is 0 Å². The SMILES string of the molecule is CCN(CC(N)=S)Cc1c(F)cccc1Cl. The molecular weight excluding hydrogens is 247 g/mol. The van der Waals surface area contributed by atoms with E-state index in [1.54, 1.807) is 12.1 Å². The van der Waals surface area contributed by atoms with E-state index >= 15 is 0 Å². The van der Waals surface area contributed by atoms with Crippen LogP contribution in [-0.4, -0.2) is 23.0 Å². The summed E-state index contributed by atoms with van der Waals surface area (Å²) in [7, 11) is 0. The first-order valence-corrected chi connectivity index (χ1v) is 5.76. The molecule has 1 rings (SSSR count). The van der Waals surface area contributed by atoms with E-state index in [1.807, 2.05) is 11.8 Å². The molecule has 0 aliphatic carbocycles. The molecule has 0 radical (unpaired) electrons. The largest absolute Gasteiger partial charge is 0.392 e. The number of benzene rings is 1. The van der Waals surface area contributed by atoms with Gasteiger partial charge in [-0.1, -0.05) is 36.8 Å². The molecule has 88 valence electrons. The molecule has 1 aromatic carbocycles. The van der Waals surface area contributed by atoms with Crippen molar-refractivity contribution in [2.24, 2.45) is 5.73 Å². The van der Waals surface area contributed by atoms with Gasteiger partial charge in [0.1, 0.15) is 5.82 Å². The Hall–Kier alpha value is -0.710. The molecule has 0 aliphatic rings. The molecule has 16 heavy (non-hydrogen) atoms. The minimum absolute atomic E-state index is 0.297. The summed E-state index contributed by atoms with van der Waals surface area (Å²) in [6.45, 7) is 3.59. The van der Waals surface area contributed by atoms with Gasteiger partial charge in [0.15, 0.2) is 0 Å². The smallest absolute Gasteiger partial charge is 0.129 e. The van der Waals surface area contributed by atoms with Crippen molar-refractivity contribution in [3.63, 3.8) is 0 Å². The van der Waals surface area contributed by atoms with E-state index in [1.165, 1.54) is 6.07 Å². The molecule has 0 unspecified atom stereocenters. The molecule has 5 heteroatoms. The van der Waals surface area contributed by atoms with Gasteiger partial charge in [-0.05, 0) is 18.7 Å². The van der Waals surface area contributed by atoms with E-state index in [-0.39, 0.29) is 5.82 Å². The number of hydrogen-bond acceptors (Lipinski definition) is 2. The van der Waals surface area contributed by atoms with E-state index in [9.17, 15) is 4.39 Å². The lowest BCUT2D eigenvalue weighted by Crippen LogP contribution is -2.32. The third kappa shape index (κ3) is 3.70. The zero-order chi connectivity index (χ0) is 12.1. The molecule has 0 spiro atoms. The molecule has 0 saturated carbocycles. The van der Waals surface area contributed by atoms with E-state index in [0.717, 1.165) is 6.54 Å². The molecule has 0 aliphatic heterocycles. The Morgan fingerprint density at radius 2 is 2.25 bits per heavy atom. The maximum absolute atomic E-state index is 13.5. The summed E-state index contributed by atoms with van der Waals surface area (Å²) >= 11 is 10.8. The number of hydrogen-bond donors (Lipinski definition) is 1. The lowest BCUT2D eigenvalue weighted by atomic mass is 10.2. The second-order valence-electron chi connectivity index (χ2n) is 3.47. The van der Waals surface area contributed by atoms with Crippen molar-refractivity contribution in [2.45, 2.75) is 13.5 Å². The van der Waals surface area contributed by atoms with Gasteiger partial charge in [-0.15, -0.1) is 0 Å². The van der Waals surface area contributed by atoms with Crippen LogP contribution in [0, 0.1) is 5.82 Å². The van der Waals surface area contributed by atoms with Crippen molar-refractivity contribution >= 4 is 28.8 Å². The van der Waals surface area contributed by atoms with Gasteiger partial charge in [0.25, 0.3) is 0 Å². The number of halogens is 2. The second kappa shape index (κ2) is 6.13. The van der Waals surface area contributed by atoms with Gasteiger partial charge in [-0.2, -0.15) is 0 Å². The Morgan fingerprint density at radius 1 is 1.56 bits per heavy atom. The molecule has 2 nitrogen and oxygen atoms in total. The van der Waals surface area contributed by atoms with Crippen LogP contribution in [0.5, 0.6) is 0 Å². The third-order valence-corrected chi connectivity index (χ3v) is 2.75. The molecule has 0 amide bonds. The Bertz CT molecular complexity index is 364. The standard InChI is InChI=1S/C11H14ClFN2S/c1-2-15(7-11(14)16)6-8-9(12)4-3-5-10(8)13/h3-5H,2,6-7H2,1H3,(H2,14,16). The highest BCUT2D eigenvalue weighted by Gasteiger charge is 2.11. The van der Waals surface area contributed by atoms with Crippen LogP contribution in [0.4, 0.5) is 4.39 Å². The predicted octanol–water partition coefficient (Wildman–Crippen LogP) is 2.59. The van der Waals surface area contributed by atoms with Crippen molar-refractivity contribution in [3.8, 4) is 0 Å². The minimum atomic E-state index is -0.297. The number of likely N-dealkylation sites (N-methyl/N-ethyl adjacent to an activating group) is 1. The lowest BCUT2D eigenvalue weighted by Gasteiger charge is -2.20. The Kier molecular flexibility index (Phi) is 5.12. The maximum atomic E-state index is 13.5. The first-order chi connectivity index (χ1) is 7.54. The molecule has 0 atom stereocenters. The van der Waals surface area contributed by atoms with Gasteiger partial charge in [0.05, 0.1) is 4.99 Å². The highest BCUT2D eigenvalue weighted by Crippen LogP contribution is 2.20. The Morgan fingerprint density at radius 3 is 2.75 bits per heavy atom. The minimum Gasteiger partial charge on any atom is -0.392 e. The number of nitrogens with two attached hydrogens (primary N) is 1. The van der Waals surface area contributed by atoms with E-state index in [4.69, 9.17) is 29.6 Å². The van der Waals surface area contributed by atoms with Gasteiger partial charge in [0.2, 0.25) is 0 Å². The number of thiocarbonyl (C=S) groups is 1. The van der Waals surface area contributed by atoms with E-state index < -0.39 is 0 Å². The fraction of sp³-hybridized carbons (Fsp3) is 0.364. The topological polar surface area (TPSA) is 29.3 Å². The first kappa shape index (κ1) is 13.4. The van der Waals surface area contributed by atoms with Crippen LogP contribution in [0.15, 0.2) is 18.2 Å². The maximum Gasteiger partial charge on any atom is 0.129 e. The number of rotatable bonds is 5. The normalized spacial score (nSPS) is 10.8. The molecule has 0 fully saturated rings. The van der Waals surface area contributed by atoms with Crippen LogP contribution < -0.4 is 5.73 Å². The van der Waals surface area contributed by atoms with Gasteiger partial charge in [-0.3, -0.25) is 4.90 Å².